The molecule has 0 aliphatic heterocycles. The van der Waals surface area contributed by atoms with Gasteiger partial charge in [-0.25, -0.2) is 9.97 Å². The van der Waals surface area contributed by atoms with Gasteiger partial charge in [0.25, 0.3) is 0 Å². The average Bonchev–Trinajstić information content (AvgIpc) is 2.71. The molecule has 0 fully saturated rings. The number of halogens is 5. The third-order valence-corrected chi connectivity index (χ3v) is 4.95. The fourth-order valence-corrected chi connectivity index (χ4v) is 3.32. The third-order valence-electron chi connectivity index (χ3n) is 4.34. The molecule has 0 saturated heterocycles. The van der Waals surface area contributed by atoms with Gasteiger partial charge in [0.15, 0.2) is 0 Å². The zero-order valence-corrected chi connectivity index (χ0v) is 17.2. The first-order valence-corrected chi connectivity index (χ1v) is 9.46. The van der Waals surface area contributed by atoms with Crippen LogP contribution < -0.4 is 15.8 Å². The Labute approximate surface area is 181 Å². The number of benzene rings is 2. The van der Waals surface area contributed by atoms with Crippen LogP contribution in [0.5, 0.6) is 5.75 Å². The van der Waals surface area contributed by atoms with Crippen LogP contribution in [-0.2, 0) is 6.18 Å². The van der Waals surface area contributed by atoms with Gasteiger partial charge in [-0.2, -0.15) is 13.2 Å². The van der Waals surface area contributed by atoms with Gasteiger partial charge < -0.3 is 15.8 Å². The van der Waals surface area contributed by atoms with Crippen molar-refractivity contribution in [2.45, 2.75) is 12.2 Å². The number of ether oxygens (including phenoxy) is 1. The fourth-order valence-electron chi connectivity index (χ4n) is 2.76. The van der Waals surface area contributed by atoms with Gasteiger partial charge in [0, 0.05) is 24.2 Å². The second-order valence-corrected chi connectivity index (χ2v) is 7.18. The molecule has 3 N–H and O–H groups in total. The molecule has 5 nitrogen and oxygen atoms in total. The van der Waals surface area contributed by atoms with Crippen LogP contribution in [0.15, 0.2) is 48.8 Å². The number of rotatable bonds is 6. The monoisotopic (exact) mass is 456 g/mol. The van der Waals surface area contributed by atoms with E-state index in [-0.39, 0.29) is 6.04 Å². The Hall–Kier alpha value is -2.55. The van der Waals surface area contributed by atoms with Crippen molar-refractivity contribution in [1.29, 1.82) is 0 Å². The summed E-state index contributed by atoms with van der Waals surface area (Å²) in [6.07, 6.45) is -3.21. The first-order valence-electron chi connectivity index (χ1n) is 8.71. The summed E-state index contributed by atoms with van der Waals surface area (Å²) in [6.45, 7) is 0.340. The van der Waals surface area contributed by atoms with Crippen molar-refractivity contribution >= 4 is 29.0 Å². The minimum absolute atomic E-state index is 0.340. The maximum atomic E-state index is 12.9. The Morgan fingerprint density at radius 3 is 2.47 bits per heavy atom. The summed E-state index contributed by atoms with van der Waals surface area (Å²) in [7, 11) is 1.53. The molecule has 0 amide bonds. The zero-order chi connectivity index (χ0) is 21.9. The van der Waals surface area contributed by atoms with Crippen LogP contribution in [0.25, 0.3) is 11.3 Å². The fraction of sp³-hybridized carbons (Fsp3) is 0.200. The highest BCUT2D eigenvalue weighted by molar-refractivity contribution is 6.32. The van der Waals surface area contributed by atoms with Crippen LogP contribution in [0.3, 0.4) is 0 Å². The van der Waals surface area contributed by atoms with E-state index in [1.165, 1.54) is 25.6 Å². The number of hydrogen-bond donors (Lipinski definition) is 2. The molecule has 158 valence electrons. The normalized spacial score (nSPS) is 12.5. The van der Waals surface area contributed by atoms with Gasteiger partial charge in [0.2, 0.25) is 0 Å². The topological polar surface area (TPSA) is 73.1 Å². The standard InChI is InChI=1S/C20H17Cl2F3N4O/c1-30-18-5-3-11(6-15(18)22)16(26)9-27-19-8-17(28-10-29-19)12-2-4-13(14(21)7-12)20(23,24)25/h2-8,10,16H,9,26H2,1H3,(H,27,28,29). The molecule has 0 aliphatic rings. The lowest BCUT2D eigenvalue weighted by Crippen LogP contribution is -2.21. The summed E-state index contributed by atoms with van der Waals surface area (Å²) in [6, 6.07) is 9.95. The lowest BCUT2D eigenvalue weighted by molar-refractivity contribution is -0.137. The number of aromatic nitrogens is 2. The van der Waals surface area contributed by atoms with Gasteiger partial charge >= 0.3 is 6.18 Å². The molecule has 1 unspecified atom stereocenters. The Morgan fingerprint density at radius 1 is 1.07 bits per heavy atom. The van der Waals surface area contributed by atoms with Crippen molar-refractivity contribution in [2.24, 2.45) is 5.73 Å². The minimum atomic E-state index is -4.52. The summed E-state index contributed by atoms with van der Waals surface area (Å²) in [5, 5.41) is 3.14. The molecule has 1 aromatic heterocycles. The molecule has 10 heteroatoms. The first kappa shape index (κ1) is 22.1. The highest BCUT2D eigenvalue weighted by Gasteiger charge is 2.33. The largest absolute Gasteiger partial charge is 0.495 e. The summed E-state index contributed by atoms with van der Waals surface area (Å²) in [5.74, 6) is 1.02. The summed E-state index contributed by atoms with van der Waals surface area (Å²) in [4.78, 5) is 8.22. The SMILES string of the molecule is COc1ccc(C(N)CNc2cc(-c3ccc(C(F)(F)F)c(Cl)c3)ncn2)cc1Cl. The Morgan fingerprint density at radius 2 is 1.83 bits per heavy atom. The van der Waals surface area contributed by atoms with E-state index in [0.717, 1.165) is 11.6 Å². The summed E-state index contributed by atoms with van der Waals surface area (Å²) in [5.41, 5.74) is 6.96. The summed E-state index contributed by atoms with van der Waals surface area (Å²) < 4.78 is 43.8. The van der Waals surface area contributed by atoms with Crippen LogP contribution >= 0.6 is 23.2 Å². The Balaban J connectivity index is 1.73. The Bertz CT molecular complexity index is 1050. The van der Waals surface area contributed by atoms with E-state index in [4.69, 9.17) is 33.7 Å². The molecule has 1 atom stereocenters. The molecule has 1 heterocycles. The van der Waals surface area contributed by atoms with Crippen molar-refractivity contribution in [1.82, 2.24) is 9.97 Å². The number of nitrogens with zero attached hydrogens (tertiary/aromatic N) is 2. The van der Waals surface area contributed by atoms with Crippen LogP contribution in [0.4, 0.5) is 19.0 Å². The van der Waals surface area contributed by atoms with Gasteiger partial charge in [-0.3, -0.25) is 0 Å². The molecule has 3 rings (SSSR count). The number of anilines is 1. The lowest BCUT2D eigenvalue weighted by atomic mass is 10.1. The smallest absolute Gasteiger partial charge is 0.417 e. The van der Waals surface area contributed by atoms with E-state index < -0.39 is 16.8 Å². The van der Waals surface area contributed by atoms with Crippen molar-refractivity contribution < 1.29 is 17.9 Å². The number of nitrogens with one attached hydrogen (secondary N) is 1. The van der Waals surface area contributed by atoms with Gasteiger partial charge in [0.1, 0.15) is 17.9 Å². The first-order chi connectivity index (χ1) is 14.2. The average molecular weight is 457 g/mol. The van der Waals surface area contributed by atoms with Crippen molar-refractivity contribution in [3.8, 4) is 17.0 Å². The van der Waals surface area contributed by atoms with E-state index in [1.807, 2.05) is 6.07 Å². The molecule has 3 aromatic rings. The van der Waals surface area contributed by atoms with E-state index in [1.54, 1.807) is 18.2 Å². The second-order valence-electron chi connectivity index (χ2n) is 6.36. The van der Waals surface area contributed by atoms with Crippen LogP contribution in [0.2, 0.25) is 10.0 Å². The molecule has 30 heavy (non-hydrogen) atoms. The highest BCUT2D eigenvalue weighted by Crippen LogP contribution is 2.36. The number of alkyl halides is 3. The second kappa shape index (κ2) is 9.07. The predicted molar refractivity (Wildman–Crippen MR) is 111 cm³/mol. The van der Waals surface area contributed by atoms with Crippen LogP contribution in [0, 0.1) is 0 Å². The molecule has 0 saturated carbocycles. The van der Waals surface area contributed by atoms with E-state index in [9.17, 15) is 13.2 Å². The highest BCUT2D eigenvalue weighted by atomic mass is 35.5. The van der Waals surface area contributed by atoms with E-state index in [0.29, 0.717) is 34.4 Å². The lowest BCUT2D eigenvalue weighted by Gasteiger charge is -2.15. The van der Waals surface area contributed by atoms with E-state index in [2.05, 4.69) is 15.3 Å². The van der Waals surface area contributed by atoms with Crippen LogP contribution in [-0.4, -0.2) is 23.6 Å². The Kier molecular flexibility index (Phi) is 6.70. The molecule has 0 spiro atoms. The molecular weight excluding hydrogens is 440 g/mol. The van der Waals surface area contributed by atoms with Crippen molar-refractivity contribution in [2.75, 3.05) is 19.0 Å². The predicted octanol–water partition coefficient (Wildman–Crippen LogP) is 5.59. The van der Waals surface area contributed by atoms with Crippen LogP contribution in [0.1, 0.15) is 17.2 Å². The molecule has 0 bridgehead atoms. The van der Waals surface area contributed by atoms with E-state index >= 15 is 0 Å². The molecule has 0 radical (unpaired) electrons. The molecular formula is C20H17Cl2F3N4O. The minimum Gasteiger partial charge on any atom is -0.495 e. The maximum absolute atomic E-state index is 12.9. The maximum Gasteiger partial charge on any atom is 0.417 e. The van der Waals surface area contributed by atoms with Crippen molar-refractivity contribution in [3.05, 3.63) is 70.0 Å². The molecule has 2 aromatic carbocycles. The van der Waals surface area contributed by atoms with Gasteiger partial charge in [-0.15, -0.1) is 0 Å². The van der Waals surface area contributed by atoms with Gasteiger partial charge in [0.05, 0.1) is 28.4 Å². The van der Waals surface area contributed by atoms with Gasteiger partial charge in [-0.1, -0.05) is 35.3 Å². The summed E-state index contributed by atoms with van der Waals surface area (Å²) >= 11 is 11.9. The van der Waals surface area contributed by atoms with Crippen molar-refractivity contribution in [3.63, 3.8) is 0 Å². The third kappa shape index (κ3) is 5.13. The number of nitrogens with two attached hydrogens (primary N) is 1. The molecule has 0 aliphatic carbocycles. The quantitative estimate of drug-likeness (QED) is 0.505. The van der Waals surface area contributed by atoms with Gasteiger partial charge in [-0.05, 0) is 29.8 Å². The number of hydrogen-bond acceptors (Lipinski definition) is 5. The number of methoxy groups -OCH3 is 1. The zero-order valence-electron chi connectivity index (χ0n) is 15.7.